The van der Waals surface area contributed by atoms with Crippen molar-refractivity contribution in [2.45, 2.75) is 0 Å². The highest BCUT2D eigenvalue weighted by Crippen LogP contribution is 2.18. The lowest BCUT2D eigenvalue weighted by atomic mass is 10.1. The third-order valence-electron chi connectivity index (χ3n) is 3.92. The number of aryl methyl sites for hydroxylation is 1. The van der Waals surface area contributed by atoms with Crippen LogP contribution in [-0.4, -0.2) is 28.1 Å². The molecule has 0 unspecified atom stereocenters. The Morgan fingerprint density at radius 3 is 2.48 bits per heavy atom. The van der Waals surface area contributed by atoms with E-state index in [9.17, 15) is 9.59 Å². The van der Waals surface area contributed by atoms with Crippen LogP contribution < -0.4 is 11.1 Å². The highest BCUT2D eigenvalue weighted by atomic mass is 16.2. The fourth-order valence-electron chi connectivity index (χ4n) is 2.51. The minimum Gasteiger partial charge on any atom is -0.366 e. The number of rotatable bonds is 4. The van der Waals surface area contributed by atoms with Crippen LogP contribution in [0.5, 0.6) is 0 Å². The van der Waals surface area contributed by atoms with E-state index in [1.165, 1.54) is 0 Å². The molecule has 27 heavy (non-hydrogen) atoms. The number of nitrogens with zero attached hydrogens (tertiary/aromatic N) is 2. The van der Waals surface area contributed by atoms with Crippen molar-refractivity contribution in [2.24, 2.45) is 12.8 Å². The molecule has 2 amide bonds. The Hall–Kier alpha value is -3.85. The number of hydrogen-bond donors (Lipinski definition) is 2. The van der Waals surface area contributed by atoms with Crippen LogP contribution >= 0.6 is 0 Å². The van der Waals surface area contributed by atoms with Crippen molar-refractivity contribution in [3.63, 3.8) is 0 Å². The number of primary amides is 1. The fourth-order valence-corrected chi connectivity index (χ4v) is 2.51. The van der Waals surface area contributed by atoms with Gasteiger partial charge in [-0.1, -0.05) is 42.2 Å². The summed E-state index contributed by atoms with van der Waals surface area (Å²) >= 11 is 0. The molecule has 0 spiro atoms. The van der Waals surface area contributed by atoms with Crippen LogP contribution in [0.15, 0.2) is 60.7 Å². The molecule has 3 rings (SSSR count). The number of carbonyl (C=O) groups is 2. The largest absolute Gasteiger partial charge is 0.366 e. The molecule has 6 nitrogen and oxygen atoms in total. The Morgan fingerprint density at radius 2 is 1.81 bits per heavy atom. The van der Waals surface area contributed by atoms with Crippen molar-refractivity contribution in [1.82, 2.24) is 15.1 Å². The maximum atomic E-state index is 12.4. The van der Waals surface area contributed by atoms with Crippen LogP contribution in [0.4, 0.5) is 0 Å². The van der Waals surface area contributed by atoms with Crippen molar-refractivity contribution in [2.75, 3.05) is 6.54 Å². The first-order chi connectivity index (χ1) is 13.0. The Balaban J connectivity index is 1.62. The zero-order valence-corrected chi connectivity index (χ0v) is 14.8. The van der Waals surface area contributed by atoms with E-state index in [1.807, 2.05) is 30.3 Å². The van der Waals surface area contributed by atoms with Crippen molar-refractivity contribution >= 4 is 11.8 Å². The predicted molar refractivity (Wildman–Crippen MR) is 103 cm³/mol. The highest BCUT2D eigenvalue weighted by molar-refractivity contribution is 5.94. The van der Waals surface area contributed by atoms with Gasteiger partial charge in [0.25, 0.3) is 5.91 Å². The van der Waals surface area contributed by atoms with Crippen LogP contribution in [0, 0.1) is 11.8 Å². The molecule has 1 heterocycles. The molecule has 3 N–H and O–H groups in total. The van der Waals surface area contributed by atoms with Gasteiger partial charge in [0.2, 0.25) is 5.91 Å². The van der Waals surface area contributed by atoms with E-state index < -0.39 is 5.91 Å². The van der Waals surface area contributed by atoms with Gasteiger partial charge in [0.1, 0.15) is 5.69 Å². The number of nitrogens with one attached hydrogen (secondary N) is 1. The first-order valence-corrected chi connectivity index (χ1v) is 8.31. The van der Waals surface area contributed by atoms with Crippen LogP contribution in [0.2, 0.25) is 0 Å². The van der Waals surface area contributed by atoms with Gasteiger partial charge in [0.15, 0.2) is 0 Å². The van der Waals surface area contributed by atoms with Gasteiger partial charge in [-0.3, -0.25) is 14.3 Å². The number of aromatic nitrogens is 2. The molecule has 6 heteroatoms. The minimum absolute atomic E-state index is 0.197. The summed E-state index contributed by atoms with van der Waals surface area (Å²) in [6, 6.07) is 18.1. The molecule has 0 aliphatic heterocycles. The van der Waals surface area contributed by atoms with Crippen LogP contribution in [-0.2, 0) is 7.05 Å². The summed E-state index contributed by atoms with van der Waals surface area (Å²) in [5.41, 5.74) is 8.51. The summed E-state index contributed by atoms with van der Waals surface area (Å²) in [5.74, 6) is 5.08. The maximum Gasteiger partial charge on any atom is 0.270 e. The summed E-state index contributed by atoms with van der Waals surface area (Å²) in [5, 5.41) is 7.14. The molecule has 1 aromatic heterocycles. The zero-order chi connectivity index (χ0) is 19.2. The Morgan fingerprint density at radius 1 is 1.11 bits per heavy atom. The maximum absolute atomic E-state index is 12.4. The summed E-state index contributed by atoms with van der Waals surface area (Å²) in [6.07, 6.45) is 0. The SMILES string of the molecule is Cn1nc(-c2ccccc2)cc1C(=O)NCC#Cc1ccc(C(N)=O)cc1. The molecule has 3 aromatic rings. The molecule has 0 saturated carbocycles. The number of hydrogen-bond acceptors (Lipinski definition) is 3. The van der Waals surface area contributed by atoms with E-state index in [0.717, 1.165) is 16.8 Å². The van der Waals surface area contributed by atoms with Crippen LogP contribution in [0.1, 0.15) is 26.4 Å². The van der Waals surface area contributed by atoms with Crippen molar-refractivity contribution in [1.29, 1.82) is 0 Å². The molecule has 0 radical (unpaired) electrons. The highest BCUT2D eigenvalue weighted by Gasteiger charge is 2.13. The van der Waals surface area contributed by atoms with Gasteiger partial charge in [-0.2, -0.15) is 5.10 Å². The van der Waals surface area contributed by atoms with Gasteiger partial charge in [-0.25, -0.2) is 0 Å². The summed E-state index contributed by atoms with van der Waals surface area (Å²) in [6.45, 7) is 0.197. The van der Waals surface area contributed by atoms with Gasteiger partial charge in [0, 0.05) is 23.7 Å². The van der Waals surface area contributed by atoms with Gasteiger partial charge in [-0.15, -0.1) is 0 Å². The number of carbonyl (C=O) groups excluding carboxylic acids is 2. The monoisotopic (exact) mass is 358 g/mol. The average Bonchev–Trinajstić information content (AvgIpc) is 3.08. The van der Waals surface area contributed by atoms with E-state index >= 15 is 0 Å². The quantitative estimate of drug-likeness (QED) is 0.699. The van der Waals surface area contributed by atoms with Gasteiger partial charge in [-0.05, 0) is 30.3 Å². The first kappa shape index (κ1) is 18.0. The molecular formula is C21H18N4O2. The second-order valence-electron chi connectivity index (χ2n) is 5.83. The van der Waals surface area contributed by atoms with Crippen molar-refractivity contribution in [3.05, 3.63) is 77.5 Å². The Kier molecular flexibility index (Phi) is 5.33. The van der Waals surface area contributed by atoms with Gasteiger partial charge in [0.05, 0.1) is 12.2 Å². The number of amides is 2. The van der Waals surface area contributed by atoms with E-state index in [0.29, 0.717) is 11.3 Å². The predicted octanol–water partition coefficient (Wildman–Crippen LogP) is 1.97. The molecule has 0 saturated heterocycles. The summed E-state index contributed by atoms with van der Waals surface area (Å²) in [7, 11) is 1.73. The second kappa shape index (κ2) is 8.02. The molecular weight excluding hydrogens is 340 g/mol. The summed E-state index contributed by atoms with van der Waals surface area (Å²) < 4.78 is 1.55. The van der Waals surface area contributed by atoms with Gasteiger partial charge < -0.3 is 11.1 Å². The Bertz CT molecular complexity index is 1030. The smallest absolute Gasteiger partial charge is 0.270 e. The molecule has 0 atom stereocenters. The second-order valence-corrected chi connectivity index (χ2v) is 5.83. The lowest BCUT2D eigenvalue weighted by Gasteiger charge is -2.00. The lowest BCUT2D eigenvalue weighted by molar-refractivity contribution is 0.0948. The normalized spacial score (nSPS) is 9.96. The molecule has 0 fully saturated rings. The average molecular weight is 358 g/mol. The molecule has 0 bridgehead atoms. The Labute approximate surface area is 157 Å². The fraction of sp³-hybridized carbons (Fsp3) is 0.0952. The zero-order valence-electron chi connectivity index (χ0n) is 14.8. The van der Waals surface area contributed by atoms with E-state index in [4.69, 9.17) is 5.73 Å². The van der Waals surface area contributed by atoms with Crippen LogP contribution in [0.25, 0.3) is 11.3 Å². The third-order valence-corrected chi connectivity index (χ3v) is 3.92. The molecule has 0 aliphatic rings. The van der Waals surface area contributed by atoms with E-state index in [1.54, 1.807) is 42.1 Å². The number of nitrogens with two attached hydrogens (primary N) is 1. The van der Waals surface area contributed by atoms with Crippen molar-refractivity contribution in [3.8, 4) is 23.1 Å². The third kappa shape index (κ3) is 4.41. The molecule has 0 aliphatic carbocycles. The van der Waals surface area contributed by atoms with E-state index in [-0.39, 0.29) is 12.5 Å². The van der Waals surface area contributed by atoms with Gasteiger partial charge >= 0.3 is 0 Å². The number of benzene rings is 2. The van der Waals surface area contributed by atoms with Crippen molar-refractivity contribution < 1.29 is 9.59 Å². The van der Waals surface area contributed by atoms with Crippen LogP contribution in [0.3, 0.4) is 0 Å². The molecule has 134 valence electrons. The molecule has 2 aromatic carbocycles. The summed E-state index contributed by atoms with van der Waals surface area (Å²) in [4.78, 5) is 23.4. The standard InChI is InChI=1S/C21H18N4O2/c1-25-19(14-18(24-25)16-7-3-2-4-8-16)21(27)23-13-5-6-15-9-11-17(12-10-15)20(22)26/h2-4,7-12,14H,13H2,1H3,(H2,22,26)(H,23,27). The topological polar surface area (TPSA) is 90.0 Å². The lowest BCUT2D eigenvalue weighted by Crippen LogP contribution is -2.25. The minimum atomic E-state index is -0.479. The first-order valence-electron chi connectivity index (χ1n) is 8.31. The van der Waals surface area contributed by atoms with E-state index in [2.05, 4.69) is 22.3 Å².